The molecule has 0 aliphatic carbocycles. The molecule has 3 rings (SSSR count). The van der Waals surface area contributed by atoms with Crippen molar-refractivity contribution in [2.45, 2.75) is 6.42 Å². The first kappa shape index (κ1) is 23.6. The zero-order valence-electron chi connectivity index (χ0n) is 17.1. The Morgan fingerprint density at radius 2 is 1.88 bits per heavy atom. The first-order valence-corrected chi connectivity index (χ1v) is 10.5. The largest absolute Gasteiger partial charge is 0.493 e. The Labute approximate surface area is 197 Å². The van der Waals surface area contributed by atoms with E-state index < -0.39 is 16.5 Å². The lowest BCUT2D eigenvalue weighted by Crippen LogP contribution is -2.15. The third-order valence-electron chi connectivity index (χ3n) is 4.38. The first-order valence-electron chi connectivity index (χ1n) is 8.96. The highest BCUT2D eigenvalue weighted by molar-refractivity contribution is 7.15. The predicted octanol–water partition coefficient (Wildman–Crippen LogP) is 5.23. The SMILES string of the molecule is COc1cc(C(=O)Nc2ncc(Cc3ccc(Cl)cc3Cl)s2)c([N+](=O)[O-])c(OC)c1OC. The molecule has 1 N–H and O–H groups in total. The number of methoxy groups -OCH3 is 3. The van der Waals surface area contributed by atoms with Gasteiger partial charge in [-0.1, -0.05) is 29.3 Å². The summed E-state index contributed by atoms with van der Waals surface area (Å²) in [6.45, 7) is 0. The van der Waals surface area contributed by atoms with Crippen LogP contribution in [0, 0.1) is 10.1 Å². The van der Waals surface area contributed by atoms with Gasteiger partial charge in [0.25, 0.3) is 5.91 Å². The van der Waals surface area contributed by atoms with Crippen LogP contribution in [-0.4, -0.2) is 37.1 Å². The Kier molecular flexibility index (Phi) is 7.39. The fourth-order valence-electron chi connectivity index (χ4n) is 2.96. The van der Waals surface area contributed by atoms with Gasteiger partial charge in [0.2, 0.25) is 11.5 Å². The molecule has 1 heterocycles. The number of halogens is 2. The van der Waals surface area contributed by atoms with Crippen molar-refractivity contribution in [2.75, 3.05) is 26.6 Å². The molecule has 1 amide bonds. The molecule has 0 bridgehead atoms. The smallest absolute Gasteiger partial charge is 0.327 e. The second kappa shape index (κ2) is 10.0. The van der Waals surface area contributed by atoms with Gasteiger partial charge in [0.05, 0.1) is 26.3 Å². The quantitative estimate of drug-likeness (QED) is 0.334. The summed E-state index contributed by atoms with van der Waals surface area (Å²) in [5.74, 6) is -0.854. The van der Waals surface area contributed by atoms with E-state index in [-0.39, 0.29) is 27.9 Å². The topological polar surface area (TPSA) is 113 Å². The van der Waals surface area contributed by atoms with Crippen LogP contribution >= 0.6 is 34.5 Å². The third kappa shape index (κ3) is 4.87. The van der Waals surface area contributed by atoms with Gasteiger partial charge in [0.15, 0.2) is 10.9 Å². The number of nitrogens with one attached hydrogen (secondary N) is 1. The normalized spacial score (nSPS) is 10.5. The van der Waals surface area contributed by atoms with E-state index in [1.807, 2.05) is 6.07 Å². The number of nitro benzene ring substituents is 1. The molecule has 2 aromatic carbocycles. The minimum Gasteiger partial charge on any atom is -0.493 e. The van der Waals surface area contributed by atoms with E-state index in [2.05, 4.69) is 10.3 Å². The number of nitro groups is 1. The predicted molar refractivity (Wildman–Crippen MR) is 122 cm³/mol. The number of hydrogen-bond acceptors (Lipinski definition) is 8. The fourth-order valence-corrected chi connectivity index (χ4v) is 4.27. The van der Waals surface area contributed by atoms with Crippen LogP contribution in [0.4, 0.5) is 10.8 Å². The zero-order valence-corrected chi connectivity index (χ0v) is 19.4. The fraction of sp³-hybridized carbons (Fsp3) is 0.200. The summed E-state index contributed by atoms with van der Waals surface area (Å²) in [5, 5.41) is 15.6. The number of aromatic nitrogens is 1. The number of amides is 1. The Bertz CT molecular complexity index is 1180. The molecular weight excluding hydrogens is 481 g/mol. The third-order valence-corrected chi connectivity index (χ3v) is 5.88. The molecule has 168 valence electrons. The van der Waals surface area contributed by atoms with E-state index in [4.69, 9.17) is 37.4 Å². The van der Waals surface area contributed by atoms with Crippen LogP contribution in [0.1, 0.15) is 20.8 Å². The van der Waals surface area contributed by atoms with Crippen molar-refractivity contribution in [2.24, 2.45) is 0 Å². The highest BCUT2D eigenvalue weighted by Gasteiger charge is 2.32. The lowest BCUT2D eigenvalue weighted by Gasteiger charge is -2.14. The number of carbonyl (C=O) groups excluding carboxylic acids is 1. The number of hydrogen-bond donors (Lipinski definition) is 1. The number of rotatable bonds is 8. The molecule has 0 aliphatic heterocycles. The highest BCUT2D eigenvalue weighted by atomic mass is 35.5. The lowest BCUT2D eigenvalue weighted by molar-refractivity contribution is -0.386. The van der Waals surface area contributed by atoms with Crippen molar-refractivity contribution in [3.63, 3.8) is 0 Å². The van der Waals surface area contributed by atoms with Crippen LogP contribution in [0.15, 0.2) is 30.5 Å². The summed E-state index contributed by atoms with van der Waals surface area (Å²) < 4.78 is 15.5. The molecule has 9 nitrogen and oxygen atoms in total. The van der Waals surface area contributed by atoms with Gasteiger partial charge in [0.1, 0.15) is 5.56 Å². The summed E-state index contributed by atoms with van der Waals surface area (Å²) in [4.78, 5) is 28.9. The maximum absolute atomic E-state index is 12.9. The van der Waals surface area contributed by atoms with Gasteiger partial charge in [-0.25, -0.2) is 4.98 Å². The van der Waals surface area contributed by atoms with E-state index in [9.17, 15) is 14.9 Å². The number of benzene rings is 2. The van der Waals surface area contributed by atoms with Gasteiger partial charge >= 0.3 is 5.69 Å². The number of carbonyl (C=O) groups is 1. The summed E-state index contributed by atoms with van der Waals surface area (Å²) in [6.07, 6.45) is 2.07. The minimum atomic E-state index is -0.749. The van der Waals surface area contributed by atoms with Gasteiger partial charge < -0.3 is 14.2 Å². The highest BCUT2D eigenvalue weighted by Crippen LogP contribution is 2.46. The molecule has 0 atom stereocenters. The van der Waals surface area contributed by atoms with Crippen molar-refractivity contribution in [1.82, 2.24) is 4.98 Å². The van der Waals surface area contributed by atoms with Gasteiger partial charge in [-0.2, -0.15) is 0 Å². The zero-order chi connectivity index (χ0) is 23.4. The molecule has 1 aromatic heterocycles. The standard InChI is InChI=1S/C20H17Cl2N3O6S/c1-29-15-8-13(16(25(27)28)18(31-3)17(15)30-2)19(26)24-20-23-9-12(32-20)6-10-4-5-11(21)7-14(10)22/h4-5,7-9H,6H2,1-3H3,(H,23,24,26). The van der Waals surface area contributed by atoms with E-state index in [1.165, 1.54) is 38.7 Å². The van der Waals surface area contributed by atoms with Crippen LogP contribution in [0.25, 0.3) is 0 Å². The Morgan fingerprint density at radius 3 is 2.47 bits per heavy atom. The summed E-state index contributed by atoms with van der Waals surface area (Å²) >= 11 is 13.3. The second-order valence-electron chi connectivity index (χ2n) is 6.30. The molecule has 0 spiro atoms. The molecular formula is C20H17Cl2N3O6S. The van der Waals surface area contributed by atoms with Crippen molar-refractivity contribution < 1.29 is 23.9 Å². The van der Waals surface area contributed by atoms with Gasteiger partial charge in [0, 0.05) is 33.6 Å². The van der Waals surface area contributed by atoms with E-state index in [0.29, 0.717) is 16.5 Å². The van der Waals surface area contributed by atoms with Crippen LogP contribution in [-0.2, 0) is 6.42 Å². The monoisotopic (exact) mass is 497 g/mol. The Balaban J connectivity index is 1.90. The second-order valence-corrected chi connectivity index (χ2v) is 8.26. The van der Waals surface area contributed by atoms with Crippen LogP contribution < -0.4 is 19.5 Å². The summed E-state index contributed by atoms with van der Waals surface area (Å²) in [5.41, 5.74) is 0.0345. The average Bonchev–Trinajstić information content (AvgIpc) is 3.20. The molecule has 0 saturated carbocycles. The summed E-state index contributed by atoms with van der Waals surface area (Å²) in [7, 11) is 3.90. The molecule has 0 saturated heterocycles. The molecule has 0 fully saturated rings. The van der Waals surface area contributed by atoms with E-state index in [0.717, 1.165) is 10.4 Å². The molecule has 0 radical (unpaired) electrons. The van der Waals surface area contributed by atoms with E-state index in [1.54, 1.807) is 18.3 Å². The molecule has 12 heteroatoms. The molecule has 0 aliphatic rings. The Hall–Kier alpha value is -3.08. The summed E-state index contributed by atoms with van der Waals surface area (Å²) in [6, 6.07) is 6.40. The van der Waals surface area contributed by atoms with Gasteiger partial charge in [-0.15, -0.1) is 11.3 Å². The van der Waals surface area contributed by atoms with Gasteiger partial charge in [-0.05, 0) is 17.7 Å². The van der Waals surface area contributed by atoms with Crippen molar-refractivity contribution in [1.29, 1.82) is 0 Å². The first-order chi connectivity index (χ1) is 15.3. The Morgan fingerprint density at radius 1 is 1.16 bits per heavy atom. The van der Waals surface area contributed by atoms with Crippen LogP contribution in [0.5, 0.6) is 17.2 Å². The minimum absolute atomic E-state index is 0.00891. The van der Waals surface area contributed by atoms with Gasteiger partial charge in [-0.3, -0.25) is 20.2 Å². The molecule has 3 aromatic rings. The number of nitrogens with zero attached hydrogens (tertiary/aromatic N) is 2. The van der Waals surface area contributed by atoms with Crippen LogP contribution in [0.3, 0.4) is 0 Å². The average molecular weight is 498 g/mol. The maximum Gasteiger partial charge on any atom is 0.327 e. The van der Waals surface area contributed by atoms with Crippen LogP contribution in [0.2, 0.25) is 10.0 Å². The molecule has 0 unspecified atom stereocenters. The van der Waals surface area contributed by atoms with E-state index >= 15 is 0 Å². The maximum atomic E-state index is 12.9. The number of anilines is 1. The van der Waals surface area contributed by atoms with Crippen molar-refractivity contribution in [3.8, 4) is 17.2 Å². The van der Waals surface area contributed by atoms with Crippen molar-refractivity contribution >= 4 is 51.3 Å². The number of thiazole rings is 1. The van der Waals surface area contributed by atoms with Crippen molar-refractivity contribution in [3.05, 3.63) is 66.6 Å². The number of ether oxygens (including phenoxy) is 3. The molecule has 32 heavy (non-hydrogen) atoms. The lowest BCUT2D eigenvalue weighted by atomic mass is 10.1.